The number of methoxy groups -OCH3 is 1. The Morgan fingerprint density at radius 3 is 2.64 bits per heavy atom. The van der Waals surface area contributed by atoms with Crippen molar-refractivity contribution in [3.05, 3.63) is 54.1 Å². The second-order valence-corrected chi connectivity index (χ2v) is 5.67. The molecule has 0 aromatic heterocycles. The summed E-state index contributed by atoms with van der Waals surface area (Å²) in [6, 6.07) is 14.8. The Labute approximate surface area is 146 Å². The molecule has 0 saturated carbocycles. The number of cyclic esters (lactones) is 1. The van der Waals surface area contributed by atoms with Crippen LogP contribution < -0.4 is 15.0 Å². The fraction of sp³-hybridized carbons (Fsp3) is 0.263. The van der Waals surface area contributed by atoms with Gasteiger partial charge in [0.25, 0.3) is 0 Å². The lowest BCUT2D eigenvalue weighted by atomic mass is 10.1. The molecule has 0 bridgehead atoms. The van der Waals surface area contributed by atoms with Crippen LogP contribution in [0.5, 0.6) is 5.75 Å². The van der Waals surface area contributed by atoms with Gasteiger partial charge < -0.3 is 14.8 Å². The third-order valence-electron chi connectivity index (χ3n) is 4.04. The standard InChI is InChI=1S/C19H20N2O4/c1-24-17-5-3-2-4-14(17)6-11-18(22)20-15-7-9-16(10-8-15)21-12-13-25-19(21)23/h2-5,7-10H,6,11-13H2,1H3,(H,20,22). The highest BCUT2D eigenvalue weighted by atomic mass is 16.6. The van der Waals surface area contributed by atoms with Gasteiger partial charge in [0.15, 0.2) is 0 Å². The van der Waals surface area contributed by atoms with Crippen molar-refractivity contribution >= 4 is 23.4 Å². The lowest BCUT2D eigenvalue weighted by Gasteiger charge is -2.13. The Hall–Kier alpha value is -3.02. The molecule has 1 aliphatic heterocycles. The molecule has 0 radical (unpaired) electrons. The normalized spacial score (nSPS) is 13.5. The van der Waals surface area contributed by atoms with Crippen molar-refractivity contribution in [1.29, 1.82) is 0 Å². The molecule has 6 heteroatoms. The largest absolute Gasteiger partial charge is 0.496 e. The first-order chi connectivity index (χ1) is 12.2. The monoisotopic (exact) mass is 340 g/mol. The zero-order valence-electron chi connectivity index (χ0n) is 14.0. The first-order valence-corrected chi connectivity index (χ1v) is 8.13. The van der Waals surface area contributed by atoms with E-state index < -0.39 is 0 Å². The smallest absolute Gasteiger partial charge is 0.414 e. The number of anilines is 2. The van der Waals surface area contributed by atoms with Gasteiger partial charge in [-0.2, -0.15) is 0 Å². The summed E-state index contributed by atoms with van der Waals surface area (Å²) in [5.74, 6) is 0.719. The Morgan fingerprint density at radius 1 is 1.20 bits per heavy atom. The van der Waals surface area contributed by atoms with Crippen LogP contribution in [0, 0.1) is 0 Å². The Bertz CT molecular complexity index is 758. The molecular formula is C19H20N2O4. The van der Waals surface area contributed by atoms with Crippen molar-refractivity contribution < 1.29 is 19.1 Å². The maximum Gasteiger partial charge on any atom is 0.414 e. The number of benzene rings is 2. The van der Waals surface area contributed by atoms with Crippen LogP contribution in [0.25, 0.3) is 0 Å². The van der Waals surface area contributed by atoms with Crippen molar-refractivity contribution in [1.82, 2.24) is 0 Å². The average molecular weight is 340 g/mol. The fourth-order valence-corrected chi connectivity index (χ4v) is 2.73. The number of carbonyl (C=O) groups excluding carboxylic acids is 2. The molecule has 2 aromatic rings. The molecule has 25 heavy (non-hydrogen) atoms. The molecule has 1 heterocycles. The van der Waals surface area contributed by atoms with Crippen molar-refractivity contribution in [2.75, 3.05) is 30.5 Å². The van der Waals surface area contributed by atoms with Gasteiger partial charge in [0, 0.05) is 17.8 Å². The zero-order chi connectivity index (χ0) is 17.6. The second kappa shape index (κ2) is 7.70. The predicted octanol–water partition coefficient (Wildman–Crippen LogP) is 3.22. The van der Waals surface area contributed by atoms with E-state index in [2.05, 4.69) is 5.32 Å². The number of carbonyl (C=O) groups is 2. The predicted molar refractivity (Wildman–Crippen MR) is 95.1 cm³/mol. The molecule has 6 nitrogen and oxygen atoms in total. The van der Waals surface area contributed by atoms with Crippen LogP contribution in [-0.2, 0) is 16.0 Å². The van der Waals surface area contributed by atoms with Gasteiger partial charge in [0.05, 0.1) is 13.7 Å². The fourth-order valence-electron chi connectivity index (χ4n) is 2.73. The van der Waals surface area contributed by atoms with Crippen LogP contribution in [0.2, 0.25) is 0 Å². The van der Waals surface area contributed by atoms with Crippen LogP contribution in [0.15, 0.2) is 48.5 Å². The van der Waals surface area contributed by atoms with E-state index in [0.717, 1.165) is 17.0 Å². The van der Waals surface area contributed by atoms with Crippen molar-refractivity contribution in [3.63, 3.8) is 0 Å². The number of nitrogens with one attached hydrogen (secondary N) is 1. The van der Waals surface area contributed by atoms with Gasteiger partial charge in [-0.05, 0) is 42.3 Å². The summed E-state index contributed by atoms with van der Waals surface area (Å²) in [4.78, 5) is 25.2. The Balaban J connectivity index is 1.55. The van der Waals surface area contributed by atoms with Crippen LogP contribution in [0.4, 0.5) is 16.2 Å². The summed E-state index contributed by atoms with van der Waals surface area (Å²) < 4.78 is 10.2. The second-order valence-electron chi connectivity index (χ2n) is 5.67. The summed E-state index contributed by atoms with van der Waals surface area (Å²) in [5, 5.41) is 2.86. The Kier molecular flexibility index (Phi) is 5.18. The molecule has 1 saturated heterocycles. The molecule has 0 aliphatic carbocycles. The number of amides is 2. The number of ether oxygens (including phenoxy) is 2. The highest BCUT2D eigenvalue weighted by Gasteiger charge is 2.23. The van der Waals surface area contributed by atoms with E-state index in [1.807, 2.05) is 24.3 Å². The lowest BCUT2D eigenvalue weighted by Crippen LogP contribution is -2.23. The summed E-state index contributed by atoms with van der Waals surface area (Å²) in [6.07, 6.45) is 0.627. The first-order valence-electron chi connectivity index (χ1n) is 8.13. The van der Waals surface area contributed by atoms with Gasteiger partial charge in [-0.1, -0.05) is 18.2 Å². The van der Waals surface area contributed by atoms with E-state index in [1.54, 1.807) is 36.3 Å². The highest BCUT2D eigenvalue weighted by Crippen LogP contribution is 2.22. The van der Waals surface area contributed by atoms with E-state index >= 15 is 0 Å². The summed E-state index contributed by atoms with van der Waals surface area (Å²) in [5.41, 5.74) is 2.46. The number of rotatable bonds is 6. The minimum Gasteiger partial charge on any atom is -0.496 e. The number of nitrogens with zero attached hydrogens (tertiary/aromatic N) is 1. The lowest BCUT2D eigenvalue weighted by molar-refractivity contribution is -0.116. The molecule has 0 unspecified atom stereocenters. The van der Waals surface area contributed by atoms with Crippen LogP contribution in [0.1, 0.15) is 12.0 Å². The minimum atomic E-state index is -0.339. The minimum absolute atomic E-state index is 0.0701. The SMILES string of the molecule is COc1ccccc1CCC(=O)Nc1ccc(N2CCOC2=O)cc1. The van der Waals surface area contributed by atoms with E-state index in [-0.39, 0.29) is 12.0 Å². The summed E-state index contributed by atoms with van der Waals surface area (Å²) in [6.45, 7) is 0.948. The third kappa shape index (κ3) is 4.09. The maximum atomic E-state index is 12.1. The molecule has 1 N–H and O–H groups in total. The van der Waals surface area contributed by atoms with Gasteiger partial charge in [-0.3, -0.25) is 9.69 Å². The number of para-hydroxylation sites is 1. The molecule has 0 spiro atoms. The topological polar surface area (TPSA) is 67.9 Å². The van der Waals surface area contributed by atoms with Crippen molar-refractivity contribution in [2.24, 2.45) is 0 Å². The van der Waals surface area contributed by atoms with E-state index in [1.165, 1.54) is 0 Å². The van der Waals surface area contributed by atoms with E-state index in [9.17, 15) is 9.59 Å². The zero-order valence-corrected chi connectivity index (χ0v) is 14.0. The summed E-state index contributed by atoms with van der Waals surface area (Å²) >= 11 is 0. The first kappa shape index (κ1) is 16.8. The van der Waals surface area contributed by atoms with Crippen LogP contribution in [-0.4, -0.2) is 32.3 Å². The van der Waals surface area contributed by atoms with E-state index in [0.29, 0.717) is 31.7 Å². The van der Waals surface area contributed by atoms with Gasteiger partial charge in [-0.15, -0.1) is 0 Å². The van der Waals surface area contributed by atoms with Gasteiger partial charge >= 0.3 is 6.09 Å². The number of hydrogen-bond acceptors (Lipinski definition) is 4. The highest BCUT2D eigenvalue weighted by molar-refractivity contribution is 5.92. The van der Waals surface area contributed by atoms with Gasteiger partial charge in [0.2, 0.25) is 5.91 Å². The molecule has 130 valence electrons. The number of aryl methyl sites for hydroxylation is 1. The molecule has 3 rings (SSSR count). The van der Waals surface area contributed by atoms with Gasteiger partial charge in [0.1, 0.15) is 12.4 Å². The van der Waals surface area contributed by atoms with Gasteiger partial charge in [-0.25, -0.2) is 4.79 Å². The molecule has 2 aromatic carbocycles. The summed E-state index contributed by atoms with van der Waals surface area (Å²) in [7, 11) is 1.62. The maximum absolute atomic E-state index is 12.1. The molecule has 2 amide bonds. The van der Waals surface area contributed by atoms with Crippen molar-refractivity contribution in [3.8, 4) is 5.75 Å². The molecule has 0 atom stereocenters. The Morgan fingerprint density at radius 2 is 1.96 bits per heavy atom. The molecule has 1 aliphatic rings. The average Bonchev–Trinajstić information content (AvgIpc) is 3.07. The quantitative estimate of drug-likeness (QED) is 0.877. The third-order valence-corrected chi connectivity index (χ3v) is 4.04. The van der Waals surface area contributed by atoms with Crippen LogP contribution >= 0.6 is 0 Å². The number of hydrogen-bond donors (Lipinski definition) is 1. The molecular weight excluding hydrogens is 320 g/mol. The molecule has 1 fully saturated rings. The van der Waals surface area contributed by atoms with E-state index in [4.69, 9.17) is 9.47 Å². The van der Waals surface area contributed by atoms with Crippen molar-refractivity contribution in [2.45, 2.75) is 12.8 Å². The van der Waals surface area contributed by atoms with Crippen LogP contribution in [0.3, 0.4) is 0 Å².